The Morgan fingerprint density at radius 1 is 0.867 bits per heavy atom. The van der Waals surface area contributed by atoms with Crippen molar-refractivity contribution in [2.24, 2.45) is 0 Å². The first-order valence-electron chi connectivity index (χ1n) is 6.67. The van der Waals surface area contributed by atoms with E-state index < -0.39 is 6.89 Å². The van der Waals surface area contributed by atoms with E-state index in [1.807, 2.05) is 0 Å². The van der Waals surface area contributed by atoms with Gasteiger partial charge in [0.15, 0.2) is 0 Å². The Kier molecular flexibility index (Phi) is 7.70. The summed E-state index contributed by atoms with van der Waals surface area (Å²) in [5, 5.41) is 0. The first-order valence-corrected chi connectivity index (χ1v) is 8.96. The SMILES string of the molecule is C=P(CCCCCCC)(C(C)C)C(C)C. The van der Waals surface area contributed by atoms with Crippen LogP contribution in [0.1, 0.15) is 66.7 Å². The second-order valence-corrected chi connectivity index (χ2v) is 10.1. The Hall–Kier alpha value is 0.300. The molecular formula is C14H31P. The van der Waals surface area contributed by atoms with Crippen molar-refractivity contribution in [1.82, 2.24) is 0 Å². The second-order valence-electron chi connectivity index (χ2n) is 5.43. The van der Waals surface area contributed by atoms with Crippen LogP contribution in [-0.4, -0.2) is 23.8 Å². The molecule has 1 heteroatoms. The van der Waals surface area contributed by atoms with Gasteiger partial charge in [-0.3, -0.25) is 0 Å². The molecule has 0 N–H and O–H groups in total. The maximum Gasteiger partial charge on any atom is -0.0270 e. The summed E-state index contributed by atoms with van der Waals surface area (Å²) in [5.41, 5.74) is 1.62. The minimum absolute atomic E-state index is 0.809. The van der Waals surface area contributed by atoms with Crippen molar-refractivity contribution < 1.29 is 0 Å². The highest BCUT2D eigenvalue weighted by Gasteiger charge is 2.21. The fourth-order valence-corrected chi connectivity index (χ4v) is 5.16. The smallest absolute Gasteiger partial charge is 0.0270 e. The van der Waals surface area contributed by atoms with Gasteiger partial charge < -0.3 is 0 Å². The second kappa shape index (κ2) is 7.55. The maximum atomic E-state index is 4.60. The van der Waals surface area contributed by atoms with Crippen LogP contribution >= 0.6 is 6.89 Å². The van der Waals surface area contributed by atoms with Gasteiger partial charge in [-0.05, 0) is 23.9 Å². The summed E-state index contributed by atoms with van der Waals surface area (Å²) >= 11 is 0. The van der Waals surface area contributed by atoms with Gasteiger partial charge in [-0.2, -0.15) is 0 Å². The lowest BCUT2D eigenvalue weighted by Crippen LogP contribution is -2.12. The summed E-state index contributed by atoms with van der Waals surface area (Å²) in [6.45, 7) is 10.8. The Labute approximate surface area is 97.8 Å². The quantitative estimate of drug-likeness (QED) is 0.396. The minimum atomic E-state index is -0.912. The van der Waals surface area contributed by atoms with Crippen molar-refractivity contribution in [3.63, 3.8) is 0 Å². The molecular weight excluding hydrogens is 199 g/mol. The van der Waals surface area contributed by atoms with Crippen molar-refractivity contribution in [3.05, 3.63) is 0 Å². The van der Waals surface area contributed by atoms with E-state index in [1.165, 1.54) is 38.3 Å². The third-order valence-corrected chi connectivity index (χ3v) is 9.00. The Morgan fingerprint density at radius 2 is 1.33 bits per heavy atom. The largest absolute Gasteiger partial charge is 0.107 e. The van der Waals surface area contributed by atoms with Crippen LogP contribution in [0.2, 0.25) is 0 Å². The van der Waals surface area contributed by atoms with Crippen molar-refractivity contribution in [2.75, 3.05) is 6.16 Å². The first-order chi connectivity index (χ1) is 6.95. The molecule has 0 aromatic carbocycles. The fourth-order valence-electron chi connectivity index (χ4n) is 2.12. The van der Waals surface area contributed by atoms with E-state index in [2.05, 4.69) is 40.9 Å². The van der Waals surface area contributed by atoms with Crippen LogP contribution in [0.5, 0.6) is 0 Å². The first kappa shape index (κ1) is 15.3. The molecule has 15 heavy (non-hydrogen) atoms. The van der Waals surface area contributed by atoms with E-state index >= 15 is 0 Å². The number of rotatable bonds is 8. The molecule has 0 bridgehead atoms. The van der Waals surface area contributed by atoms with Gasteiger partial charge in [-0.25, -0.2) is 0 Å². The monoisotopic (exact) mass is 230 g/mol. The van der Waals surface area contributed by atoms with Crippen molar-refractivity contribution in [2.45, 2.75) is 78.0 Å². The lowest BCUT2D eigenvalue weighted by atomic mass is 10.2. The summed E-state index contributed by atoms with van der Waals surface area (Å²) in [4.78, 5) is 0. The maximum absolute atomic E-state index is 4.60. The lowest BCUT2D eigenvalue weighted by molar-refractivity contribution is 0.656. The van der Waals surface area contributed by atoms with Crippen LogP contribution < -0.4 is 0 Å². The molecule has 0 aliphatic heterocycles. The zero-order valence-electron chi connectivity index (χ0n) is 11.6. The van der Waals surface area contributed by atoms with Crippen LogP contribution in [0.15, 0.2) is 0 Å². The molecule has 92 valence electrons. The minimum Gasteiger partial charge on any atom is -0.107 e. The molecule has 0 amide bonds. The molecule has 0 aliphatic rings. The molecule has 0 aromatic heterocycles. The van der Waals surface area contributed by atoms with E-state index in [9.17, 15) is 0 Å². The zero-order chi connectivity index (χ0) is 11.9. The topological polar surface area (TPSA) is 0 Å². The van der Waals surface area contributed by atoms with E-state index in [4.69, 9.17) is 0 Å². The summed E-state index contributed by atoms with van der Waals surface area (Å²) in [6, 6.07) is 0. The molecule has 0 aromatic rings. The fraction of sp³-hybridized carbons (Fsp3) is 0.929. The standard InChI is InChI=1S/C14H31P/c1-7-8-9-10-11-12-15(6,13(2)3)14(4)5/h13-14H,6-12H2,1-5H3. The molecule has 0 fully saturated rings. The summed E-state index contributed by atoms with van der Waals surface area (Å²) < 4.78 is 0. The third-order valence-electron chi connectivity index (χ3n) is 3.73. The average molecular weight is 230 g/mol. The third kappa shape index (κ3) is 5.25. The summed E-state index contributed by atoms with van der Waals surface area (Å²) in [6.07, 6.45) is 13.0. The molecule has 0 nitrogen and oxygen atoms in total. The highest BCUT2D eigenvalue weighted by molar-refractivity contribution is 7.74. The number of hydrogen-bond acceptors (Lipinski definition) is 0. The van der Waals surface area contributed by atoms with Crippen LogP contribution in [0.4, 0.5) is 0 Å². The summed E-state index contributed by atoms with van der Waals surface area (Å²) in [5.74, 6) is 0. The van der Waals surface area contributed by atoms with Gasteiger partial charge >= 0.3 is 0 Å². The molecule has 0 spiro atoms. The molecule has 0 saturated carbocycles. The Bertz CT molecular complexity index is 180. The zero-order valence-corrected chi connectivity index (χ0v) is 12.4. The molecule has 0 unspecified atom stereocenters. The molecule has 0 saturated heterocycles. The van der Waals surface area contributed by atoms with Gasteiger partial charge in [0.1, 0.15) is 0 Å². The van der Waals surface area contributed by atoms with Crippen LogP contribution in [0, 0.1) is 0 Å². The van der Waals surface area contributed by atoms with Gasteiger partial charge in [0.2, 0.25) is 0 Å². The van der Waals surface area contributed by atoms with Crippen molar-refractivity contribution >= 4 is 13.2 Å². The van der Waals surface area contributed by atoms with Crippen LogP contribution in [-0.2, 0) is 0 Å². The van der Waals surface area contributed by atoms with E-state index in [0.29, 0.717) is 0 Å². The predicted molar refractivity (Wildman–Crippen MR) is 77.9 cm³/mol. The number of unbranched alkanes of at least 4 members (excludes halogenated alkanes) is 4. The average Bonchev–Trinajstić information content (AvgIpc) is 2.16. The predicted octanol–water partition coefficient (Wildman–Crippen LogP) is 5.22. The highest BCUT2D eigenvalue weighted by Crippen LogP contribution is 2.54. The molecule has 0 aliphatic carbocycles. The molecule has 0 atom stereocenters. The molecule has 0 heterocycles. The van der Waals surface area contributed by atoms with Crippen LogP contribution in [0.25, 0.3) is 0 Å². The lowest BCUT2D eigenvalue weighted by Gasteiger charge is -2.33. The van der Waals surface area contributed by atoms with Crippen LogP contribution in [0.3, 0.4) is 0 Å². The van der Waals surface area contributed by atoms with Gasteiger partial charge in [-0.15, -0.1) is 13.2 Å². The normalized spacial score (nSPS) is 12.7. The van der Waals surface area contributed by atoms with E-state index in [1.54, 1.807) is 0 Å². The van der Waals surface area contributed by atoms with Gasteiger partial charge in [-0.1, -0.05) is 60.3 Å². The van der Waals surface area contributed by atoms with E-state index in [0.717, 1.165) is 11.3 Å². The van der Waals surface area contributed by atoms with Gasteiger partial charge in [0, 0.05) is 0 Å². The number of hydrogen-bond donors (Lipinski definition) is 0. The van der Waals surface area contributed by atoms with Gasteiger partial charge in [0.25, 0.3) is 0 Å². The molecule has 0 radical (unpaired) electrons. The Balaban J connectivity index is 3.94. The van der Waals surface area contributed by atoms with Gasteiger partial charge in [0.05, 0.1) is 0 Å². The Morgan fingerprint density at radius 3 is 1.73 bits per heavy atom. The van der Waals surface area contributed by atoms with Crippen molar-refractivity contribution in [1.29, 1.82) is 0 Å². The van der Waals surface area contributed by atoms with E-state index in [-0.39, 0.29) is 0 Å². The van der Waals surface area contributed by atoms with Crippen molar-refractivity contribution in [3.8, 4) is 0 Å². The highest BCUT2D eigenvalue weighted by atomic mass is 31.2. The molecule has 0 rings (SSSR count). The summed E-state index contributed by atoms with van der Waals surface area (Å²) in [7, 11) is 0.